The van der Waals surface area contributed by atoms with Crippen molar-refractivity contribution in [2.24, 2.45) is 5.73 Å². The van der Waals surface area contributed by atoms with Crippen LogP contribution in [0.25, 0.3) is 0 Å². The van der Waals surface area contributed by atoms with Crippen molar-refractivity contribution in [2.45, 2.75) is 19.5 Å². The normalized spacial score (nSPS) is 11.8. The maximum atomic E-state index is 11.6. The molecule has 0 aliphatic heterocycles. The highest BCUT2D eigenvalue weighted by molar-refractivity contribution is 5.81. The molecule has 1 aromatic heterocycles. The molecule has 1 heterocycles. The first-order valence-corrected chi connectivity index (χ1v) is 5.55. The van der Waals surface area contributed by atoms with Crippen LogP contribution in [0.4, 0.5) is 4.79 Å². The predicted molar refractivity (Wildman–Crippen MR) is 63.6 cm³/mol. The van der Waals surface area contributed by atoms with Gasteiger partial charge in [0.15, 0.2) is 0 Å². The number of nitrogens with two attached hydrogens (primary N) is 1. The Kier molecular flexibility index (Phi) is 5.72. The van der Waals surface area contributed by atoms with Gasteiger partial charge in [-0.15, -0.1) is 0 Å². The van der Waals surface area contributed by atoms with E-state index >= 15 is 0 Å². The van der Waals surface area contributed by atoms with E-state index in [9.17, 15) is 9.59 Å². The molecule has 1 unspecified atom stereocenters. The monoisotopic (exact) mass is 255 g/mol. The Morgan fingerprint density at radius 2 is 2.33 bits per heavy atom. The molecule has 7 heteroatoms. The molecule has 18 heavy (non-hydrogen) atoms. The molecule has 0 aliphatic carbocycles. The van der Waals surface area contributed by atoms with Crippen LogP contribution in [-0.4, -0.2) is 31.2 Å². The summed E-state index contributed by atoms with van der Waals surface area (Å²) in [5.74, 6) is 0.526. The van der Waals surface area contributed by atoms with Crippen molar-refractivity contribution in [1.29, 1.82) is 0 Å². The van der Waals surface area contributed by atoms with E-state index < -0.39 is 12.1 Å². The third-order valence-corrected chi connectivity index (χ3v) is 2.21. The lowest BCUT2D eigenvalue weighted by Gasteiger charge is -2.13. The number of primary amides is 1. The van der Waals surface area contributed by atoms with E-state index in [0.717, 1.165) is 0 Å². The second kappa shape index (κ2) is 7.33. The molecule has 1 aromatic rings. The van der Waals surface area contributed by atoms with Gasteiger partial charge in [0.1, 0.15) is 12.4 Å². The van der Waals surface area contributed by atoms with Crippen molar-refractivity contribution >= 4 is 12.0 Å². The minimum absolute atomic E-state index is 0.130. The average molecular weight is 255 g/mol. The van der Waals surface area contributed by atoms with Gasteiger partial charge in [-0.2, -0.15) is 0 Å². The second-order valence-corrected chi connectivity index (χ2v) is 3.64. The summed E-state index contributed by atoms with van der Waals surface area (Å²) in [7, 11) is 0. The molecule has 2 amide bonds. The first-order chi connectivity index (χ1) is 8.59. The Morgan fingerprint density at radius 1 is 1.56 bits per heavy atom. The van der Waals surface area contributed by atoms with E-state index in [2.05, 4.69) is 15.4 Å². The second-order valence-electron chi connectivity index (χ2n) is 3.64. The zero-order valence-electron chi connectivity index (χ0n) is 10.1. The summed E-state index contributed by atoms with van der Waals surface area (Å²) in [6, 6.07) is 3.14. The topological polar surface area (TPSA) is 107 Å². The van der Waals surface area contributed by atoms with Crippen LogP contribution in [0.2, 0.25) is 0 Å². The number of carbonyl (C=O) groups is 2. The fourth-order valence-corrected chi connectivity index (χ4v) is 1.26. The third kappa shape index (κ3) is 5.35. The molecule has 0 saturated carbocycles. The maximum absolute atomic E-state index is 11.6. The van der Waals surface area contributed by atoms with Gasteiger partial charge in [-0.1, -0.05) is 0 Å². The molecule has 0 saturated heterocycles. The first kappa shape index (κ1) is 14.0. The molecule has 0 fully saturated rings. The summed E-state index contributed by atoms with van der Waals surface area (Å²) in [5.41, 5.74) is 4.79. The molecule has 0 aliphatic rings. The molecular formula is C11H17N3O4. The van der Waals surface area contributed by atoms with E-state index in [0.29, 0.717) is 18.8 Å². The molecule has 7 nitrogen and oxygen atoms in total. The Labute approximate surface area is 105 Å². The van der Waals surface area contributed by atoms with E-state index in [4.69, 9.17) is 10.2 Å². The Balaban J connectivity index is 2.14. The summed E-state index contributed by atoms with van der Waals surface area (Å²) in [6.07, 6.45) is 0.719. The van der Waals surface area contributed by atoms with Gasteiger partial charge in [0.2, 0.25) is 5.91 Å². The van der Waals surface area contributed by atoms with E-state index in [1.54, 1.807) is 25.3 Å². The van der Waals surface area contributed by atoms with Crippen LogP contribution >= 0.6 is 0 Å². The highest BCUT2D eigenvalue weighted by Gasteiger charge is 2.11. The van der Waals surface area contributed by atoms with E-state index in [-0.39, 0.29) is 12.5 Å². The number of rotatable bonds is 7. The minimum Gasteiger partial charge on any atom is -0.467 e. The van der Waals surface area contributed by atoms with Crippen molar-refractivity contribution in [1.82, 2.24) is 10.6 Å². The van der Waals surface area contributed by atoms with Crippen LogP contribution in [0, 0.1) is 0 Å². The van der Waals surface area contributed by atoms with Crippen LogP contribution in [0.15, 0.2) is 22.8 Å². The van der Waals surface area contributed by atoms with Gasteiger partial charge in [-0.25, -0.2) is 4.79 Å². The summed E-state index contributed by atoms with van der Waals surface area (Å²) < 4.78 is 9.60. The summed E-state index contributed by atoms with van der Waals surface area (Å²) in [4.78, 5) is 21.9. The lowest BCUT2D eigenvalue weighted by Crippen LogP contribution is -2.43. The smallest absolute Gasteiger partial charge is 0.404 e. The Hall–Kier alpha value is -2.02. The number of ether oxygens (including phenoxy) is 1. The van der Waals surface area contributed by atoms with Gasteiger partial charge in [0, 0.05) is 6.54 Å². The number of hydrogen-bond acceptors (Lipinski definition) is 5. The van der Waals surface area contributed by atoms with Crippen LogP contribution in [0.3, 0.4) is 0 Å². The fraction of sp³-hybridized carbons (Fsp3) is 0.455. The zero-order valence-corrected chi connectivity index (χ0v) is 10.1. The summed E-state index contributed by atoms with van der Waals surface area (Å²) in [5, 5.41) is 5.60. The summed E-state index contributed by atoms with van der Waals surface area (Å²) >= 11 is 0. The molecular weight excluding hydrogens is 238 g/mol. The number of nitrogens with one attached hydrogen (secondary N) is 2. The van der Waals surface area contributed by atoms with Gasteiger partial charge in [-0.3, -0.25) is 4.79 Å². The van der Waals surface area contributed by atoms with E-state index in [1.165, 1.54) is 0 Å². The van der Waals surface area contributed by atoms with Crippen molar-refractivity contribution in [3.05, 3.63) is 24.2 Å². The first-order valence-electron chi connectivity index (χ1n) is 5.55. The standard InChI is InChI=1S/C11H17N3O4/c1-8(13-4-6-18-11(12)16)10(15)14-7-9-3-2-5-17-9/h2-3,5,8,13H,4,6-7H2,1H3,(H2,12,16)(H,14,15). The van der Waals surface area contributed by atoms with Gasteiger partial charge < -0.3 is 25.5 Å². The number of carbonyl (C=O) groups excluding carboxylic acids is 2. The van der Waals surface area contributed by atoms with Crippen molar-refractivity contribution in [2.75, 3.05) is 13.2 Å². The van der Waals surface area contributed by atoms with Crippen LogP contribution < -0.4 is 16.4 Å². The highest BCUT2D eigenvalue weighted by Crippen LogP contribution is 1.98. The molecule has 100 valence electrons. The quantitative estimate of drug-likeness (QED) is 0.593. The Morgan fingerprint density at radius 3 is 2.94 bits per heavy atom. The fourth-order valence-electron chi connectivity index (χ4n) is 1.26. The number of amides is 2. The highest BCUT2D eigenvalue weighted by atomic mass is 16.5. The molecule has 1 atom stereocenters. The van der Waals surface area contributed by atoms with Gasteiger partial charge >= 0.3 is 6.09 Å². The summed E-state index contributed by atoms with van der Waals surface area (Å²) in [6.45, 7) is 2.54. The average Bonchev–Trinajstić information content (AvgIpc) is 2.84. The molecule has 0 aromatic carbocycles. The van der Waals surface area contributed by atoms with Gasteiger partial charge in [-0.05, 0) is 19.1 Å². The SMILES string of the molecule is CC(NCCOC(N)=O)C(=O)NCc1ccco1. The van der Waals surface area contributed by atoms with Crippen LogP contribution in [0.1, 0.15) is 12.7 Å². The largest absolute Gasteiger partial charge is 0.467 e. The van der Waals surface area contributed by atoms with Gasteiger partial charge in [0.05, 0.1) is 18.8 Å². The third-order valence-electron chi connectivity index (χ3n) is 2.21. The van der Waals surface area contributed by atoms with Gasteiger partial charge in [0.25, 0.3) is 0 Å². The van der Waals surface area contributed by atoms with Crippen molar-refractivity contribution in [3.8, 4) is 0 Å². The number of furan rings is 1. The van der Waals surface area contributed by atoms with Crippen LogP contribution in [-0.2, 0) is 16.1 Å². The molecule has 1 rings (SSSR count). The van der Waals surface area contributed by atoms with Crippen molar-refractivity contribution in [3.63, 3.8) is 0 Å². The molecule has 0 spiro atoms. The van der Waals surface area contributed by atoms with E-state index in [1.807, 2.05) is 0 Å². The molecule has 4 N–H and O–H groups in total. The predicted octanol–water partition coefficient (Wildman–Crippen LogP) is -0.0308. The maximum Gasteiger partial charge on any atom is 0.404 e. The molecule has 0 bridgehead atoms. The lowest BCUT2D eigenvalue weighted by atomic mass is 10.3. The van der Waals surface area contributed by atoms with Crippen molar-refractivity contribution < 1.29 is 18.7 Å². The lowest BCUT2D eigenvalue weighted by molar-refractivity contribution is -0.123. The minimum atomic E-state index is -0.827. The van der Waals surface area contributed by atoms with Crippen LogP contribution in [0.5, 0.6) is 0 Å². The number of hydrogen-bond donors (Lipinski definition) is 3. The molecule has 0 radical (unpaired) electrons. The zero-order chi connectivity index (χ0) is 13.4. The Bertz CT molecular complexity index is 378.